The molecule has 4 aromatic carbocycles. The first-order chi connectivity index (χ1) is 18.7. The molecule has 0 N–H and O–H groups in total. The predicted molar refractivity (Wildman–Crippen MR) is 173 cm³/mol. The van der Waals surface area contributed by atoms with E-state index in [4.69, 9.17) is 14.5 Å². The zero-order valence-corrected chi connectivity index (χ0v) is 25.5. The van der Waals surface area contributed by atoms with E-state index in [0.717, 1.165) is 39.5 Å². The molecular weight excluding hydrogens is 619 g/mol. The highest BCUT2D eigenvalue weighted by atomic mass is 127. The second kappa shape index (κ2) is 15.9. The van der Waals surface area contributed by atoms with Crippen LogP contribution in [0.1, 0.15) is 18.1 Å². The molecule has 0 spiro atoms. The molecular formula is C31H33IN4O2S. The van der Waals surface area contributed by atoms with E-state index in [-0.39, 0.29) is 24.0 Å². The van der Waals surface area contributed by atoms with Crippen LogP contribution in [-0.4, -0.2) is 30.0 Å². The second-order valence-corrected chi connectivity index (χ2v) is 9.66. The summed E-state index contributed by atoms with van der Waals surface area (Å²) in [5, 5.41) is 9.61. The maximum Gasteiger partial charge on any atom is 0.164 e. The summed E-state index contributed by atoms with van der Waals surface area (Å²) in [6.45, 7) is 3.57. The SMILES string of the molecule is CCSC(=Nc1ccc(N=Nc2ccccc2)cc1)N(Cc1ccc(OC)cc1)Cc1ccc(OC)cc1.I. The summed E-state index contributed by atoms with van der Waals surface area (Å²) in [6, 6.07) is 33.9. The number of thioether (sulfide) groups is 1. The Bertz CT molecular complexity index is 1280. The molecule has 4 rings (SSSR count). The Hall–Kier alpha value is -3.37. The highest BCUT2D eigenvalue weighted by molar-refractivity contribution is 14.0. The van der Waals surface area contributed by atoms with Crippen molar-refractivity contribution in [2.45, 2.75) is 20.0 Å². The third-order valence-electron chi connectivity index (χ3n) is 5.72. The van der Waals surface area contributed by atoms with Crippen LogP contribution >= 0.6 is 35.7 Å². The molecule has 0 saturated carbocycles. The molecule has 0 atom stereocenters. The van der Waals surface area contributed by atoms with Crippen molar-refractivity contribution in [1.82, 2.24) is 4.90 Å². The van der Waals surface area contributed by atoms with E-state index in [9.17, 15) is 0 Å². The zero-order valence-electron chi connectivity index (χ0n) is 22.4. The maximum atomic E-state index is 5.34. The zero-order chi connectivity index (χ0) is 26.6. The molecule has 0 heterocycles. The van der Waals surface area contributed by atoms with Gasteiger partial charge in [-0.2, -0.15) is 10.2 Å². The Morgan fingerprint density at radius 1 is 0.641 bits per heavy atom. The van der Waals surface area contributed by atoms with Crippen LogP contribution in [0, 0.1) is 0 Å². The van der Waals surface area contributed by atoms with Gasteiger partial charge in [-0.3, -0.25) is 0 Å². The number of azo groups is 1. The standard InChI is InChI=1S/C31H32N4O2S.HI/c1-4-38-31(32-26-14-16-28(17-15-26)34-33-27-8-6-5-7-9-27)35(22-24-10-18-29(36-2)19-11-24)23-25-12-20-30(37-3)21-13-25;/h5-21H,4,22-23H2,1-3H3;1H. The average molecular weight is 653 g/mol. The molecule has 0 aromatic heterocycles. The van der Waals surface area contributed by atoms with Gasteiger partial charge in [-0.1, -0.05) is 61.2 Å². The van der Waals surface area contributed by atoms with Crippen LogP contribution in [0.5, 0.6) is 11.5 Å². The summed E-state index contributed by atoms with van der Waals surface area (Å²) < 4.78 is 10.7. The molecule has 0 amide bonds. The first-order valence-electron chi connectivity index (χ1n) is 12.5. The maximum absolute atomic E-state index is 5.34. The van der Waals surface area contributed by atoms with E-state index in [1.165, 1.54) is 11.1 Å². The van der Waals surface area contributed by atoms with Crippen molar-refractivity contribution in [3.63, 3.8) is 0 Å². The lowest BCUT2D eigenvalue weighted by Crippen LogP contribution is -2.28. The van der Waals surface area contributed by atoms with Crippen LogP contribution in [0.3, 0.4) is 0 Å². The number of halogens is 1. The molecule has 0 unspecified atom stereocenters. The highest BCUT2D eigenvalue weighted by Gasteiger charge is 2.14. The van der Waals surface area contributed by atoms with Crippen LogP contribution in [0.2, 0.25) is 0 Å². The van der Waals surface area contributed by atoms with Gasteiger partial charge in [0.2, 0.25) is 0 Å². The van der Waals surface area contributed by atoms with E-state index in [2.05, 4.69) is 46.3 Å². The van der Waals surface area contributed by atoms with E-state index in [1.807, 2.05) is 78.9 Å². The Kier molecular flexibility index (Phi) is 12.3. The van der Waals surface area contributed by atoms with Gasteiger partial charge in [0.1, 0.15) is 11.5 Å². The third-order valence-corrected chi connectivity index (χ3v) is 6.62. The van der Waals surface area contributed by atoms with Crippen molar-refractivity contribution < 1.29 is 9.47 Å². The summed E-state index contributed by atoms with van der Waals surface area (Å²) >= 11 is 1.73. The van der Waals surface area contributed by atoms with Crippen LogP contribution < -0.4 is 9.47 Å². The van der Waals surface area contributed by atoms with Crippen molar-refractivity contribution in [3.05, 3.63) is 114 Å². The Balaban J connectivity index is 0.00000420. The van der Waals surface area contributed by atoms with Gasteiger partial charge in [-0.05, 0) is 77.5 Å². The first-order valence-corrected chi connectivity index (χ1v) is 13.4. The van der Waals surface area contributed by atoms with Gasteiger partial charge in [0.25, 0.3) is 0 Å². The average Bonchev–Trinajstić information content (AvgIpc) is 2.97. The fourth-order valence-electron chi connectivity index (χ4n) is 3.73. The summed E-state index contributed by atoms with van der Waals surface area (Å²) in [5.74, 6) is 2.60. The molecule has 0 bridgehead atoms. The number of hydrogen-bond acceptors (Lipinski definition) is 6. The van der Waals surface area contributed by atoms with Crippen molar-refractivity contribution in [2.75, 3.05) is 20.0 Å². The van der Waals surface area contributed by atoms with Crippen molar-refractivity contribution in [3.8, 4) is 11.5 Å². The van der Waals surface area contributed by atoms with Gasteiger partial charge in [0.05, 0.1) is 31.3 Å². The Morgan fingerprint density at radius 2 is 1.10 bits per heavy atom. The van der Waals surface area contributed by atoms with Crippen molar-refractivity contribution in [1.29, 1.82) is 0 Å². The minimum absolute atomic E-state index is 0. The summed E-state index contributed by atoms with van der Waals surface area (Å²) in [7, 11) is 3.36. The molecule has 0 aliphatic rings. The first kappa shape index (κ1) is 30.2. The van der Waals surface area contributed by atoms with Gasteiger partial charge in [-0.15, -0.1) is 24.0 Å². The molecule has 0 radical (unpaired) electrons. The largest absolute Gasteiger partial charge is 0.497 e. The lowest BCUT2D eigenvalue weighted by atomic mass is 10.1. The molecule has 39 heavy (non-hydrogen) atoms. The van der Waals surface area contributed by atoms with Gasteiger partial charge in [0, 0.05) is 13.1 Å². The number of rotatable bonds is 10. The van der Waals surface area contributed by atoms with Gasteiger partial charge in [-0.25, -0.2) is 4.99 Å². The minimum atomic E-state index is 0. The summed E-state index contributed by atoms with van der Waals surface area (Å²) in [5.41, 5.74) is 4.84. The minimum Gasteiger partial charge on any atom is -0.497 e. The molecule has 8 heteroatoms. The fourth-order valence-corrected chi connectivity index (χ4v) is 4.47. The lowest BCUT2D eigenvalue weighted by molar-refractivity contribution is 0.405. The van der Waals surface area contributed by atoms with E-state index in [1.54, 1.807) is 26.0 Å². The number of aliphatic imine (C=N–C) groups is 1. The number of nitrogens with zero attached hydrogens (tertiary/aromatic N) is 4. The number of ether oxygens (including phenoxy) is 2. The molecule has 0 aliphatic heterocycles. The van der Waals surface area contributed by atoms with Crippen molar-refractivity contribution >= 4 is 58.0 Å². The van der Waals surface area contributed by atoms with Crippen LogP contribution in [0.15, 0.2) is 118 Å². The number of amidine groups is 1. The fraction of sp³-hybridized carbons (Fsp3) is 0.194. The molecule has 0 saturated heterocycles. The monoisotopic (exact) mass is 652 g/mol. The lowest BCUT2D eigenvalue weighted by Gasteiger charge is -2.26. The Morgan fingerprint density at radius 3 is 1.56 bits per heavy atom. The number of methoxy groups -OCH3 is 2. The molecule has 202 valence electrons. The topological polar surface area (TPSA) is 58.8 Å². The van der Waals surface area contributed by atoms with Crippen LogP contribution in [0.4, 0.5) is 17.1 Å². The van der Waals surface area contributed by atoms with E-state index in [0.29, 0.717) is 13.1 Å². The third kappa shape index (κ3) is 9.40. The van der Waals surface area contributed by atoms with Gasteiger partial charge in [0.15, 0.2) is 5.17 Å². The second-order valence-electron chi connectivity index (χ2n) is 8.43. The van der Waals surface area contributed by atoms with Gasteiger partial charge >= 0.3 is 0 Å². The van der Waals surface area contributed by atoms with Crippen LogP contribution in [0.25, 0.3) is 0 Å². The predicted octanol–water partition coefficient (Wildman–Crippen LogP) is 9.18. The van der Waals surface area contributed by atoms with E-state index < -0.39 is 0 Å². The Labute approximate surface area is 252 Å². The molecule has 0 aliphatic carbocycles. The summed E-state index contributed by atoms with van der Waals surface area (Å²) in [4.78, 5) is 7.36. The normalized spacial score (nSPS) is 11.2. The number of benzene rings is 4. The van der Waals surface area contributed by atoms with E-state index >= 15 is 0 Å². The molecule has 4 aromatic rings. The summed E-state index contributed by atoms with van der Waals surface area (Å²) in [6.07, 6.45) is 0. The van der Waals surface area contributed by atoms with Crippen molar-refractivity contribution in [2.24, 2.45) is 15.2 Å². The van der Waals surface area contributed by atoms with Gasteiger partial charge < -0.3 is 14.4 Å². The number of hydrogen-bond donors (Lipinski definition) is 0. The quantitative estimate of drug-likeness (QED) is 0.0742. The molecule has 6 nitrogen and oxygen atoms in total. The highest BCUT2D eigenvalue weighted by Crippen LogP contribution is 2.26. The van der Waals surface area contributed by atoms with Crippen LogP contribution in [-0.2, 0) is 13.1 Å². The molecule has 0 fully saturated rings. The smallest absolute Gasteiger partial charge is 0.164 e.